The van der Waals surface area contributed by atoms with Crippen molar-refractivity contribution < 1.29 is 9.90 Å². The van der Waals surface area contributed by atoms with Gasteiger partial charge in [-0.1, -0.05) is 11.8 Å². The Kier molecular flexibility index (Phi) is 2.55. The fourth-order valence-corrected chi connectivity index (χ4v) is 1.86. The summed E-state index contributed by atoms with van der Waals surface area (Å²) in [6.07, 6.45) is 2.88. The lowest BCUT2D eigenvalue weighted by Crippen LogP contribution is -2.11. The molecule has 0 aliphatic heterocycles. The van der Waals surface area contributed by atoms with Crippen molar-refractivity contribution in [3.05, 3.63) is 12.7 Å². The van der Waals surface area contributed by atoms with Gasteiger partial charge >= 0.3 is 5.97 Å². The van der Waals surface area contributed by atoms with Crippen molar-refractivity contribution in [3.63, 3.8) is 0 Å². The molecule has 1 unspecified atom stereocenters. The molecule has 0 spiro atoms. The number of imidazole rings is 1. The zero-order valence-corrected chi connectivity index (χ0v) is 8.65. The summed E-state index contributed by atoms with van der Waals surface area (Å²) >= 11 is 1.16. The van der Waals surface area contributed by atoms with Crippen LogP contribution < -0.4 is 0 Å². The predicted octanol–water partition coefficient (Wildman–Crippen LogP) is 0.918. The van der Waals surface area contributed by atoms with Gasteiger partial charge in [-0.3, -0.25) is 4.79 Å². The number of aromatic nitrogens is 4. The highest BCUT2D eigenvalue weighted by Gasteiger charge is 2.16. The highest BCUT2D eigenvalue weighted by Crippen LogP contribution is 2.25. The molecular weight excluding hydrogens is 216 g/mol. The van der Waals surface area contributed by atoms with Gasteiger partial charge in [0.2, 0.25) is 0 Å². The smallest absolute Gasteiger partial charge is 0.316 e. The quantitative estimate of drug-likeness (QED) is 0.595. The molecule has 7 heteroatoms. The van der Waals surface area contributed by atoms with Gasteiger partial charge in [-0.05, 0) is 6.92 Å². The molecule has 2 rings (SSSR count). The average molecular weight is 224 g/mol. The highest BCUT2D eigenvalue weighted by molar-refractivity contribution is 8.00. The molecule has 0 aliphatic rings. The van der Waals surface area contributed by atoms with Gasteiger partial charge in [-0.15, -0.1) is 0 Å². The monoisotopic (exact) mass is 224 g/mol. The number of fused-ring (bicyclic) bond motifs is 1. The van der Waals surface area contributed by atoms with Crippen LogP contribution in [-0.2, 0) is 4.79 Å². The molecule has 0 fully saturated rings. The number of carboxylic acid groups (broad SMARTS) is 1. The first-order valence-corrected chi connectivity index (χ1v) is 5.10. The van der Waals surface area contributed by atoms with Crippen LogP contribution in [0.5, 0.6) is 0 Å². The maximum atomic E-state index is 10.7. The number of nitrogens with zero attached hydrogens (tertiary/aromatic N) is 3. The normalized spacial score (nSPS) is 12.9. The molecule has 15 heavy (non-hydrogen) atoms. The van der Waals surface area contributed by atoms with E-state index >= 15 is 0 Å². The molecular formula is C8H8N4O2S. The molecule has 2 heterocycles. The van der Waals surface area contributed by atoms with Gasteiger partial charge in [0.15, 0.2) is 5.65 Å². The predicted molar refractivity (Wildman–Crippen MR) is 54.6 cm³/mol. The summed E-state index contributed by atoms with van der Waals surface area (Å²) in [5.74, 6) is -0.869. The molecule has 1 atom stereocenters. The van der Waals surface area contributed by atoms with Gasteiger partial charge in [0.1, 0.15) is 22.1 Å². The van der Waals surface area contributed by atoms with Crippen LogP contribution in [0.15, 0.2) is 17.7 Å². The molecule has 0 radical (unpaired) electrons. The molecule has 0 saturated heterocycles. The summed E-state index contributed by atoms with van der Waals surface area (Å²) in [5.41, 5.74) is 1.22. The van der Waals surface area contributed by atoms with E-state index in [-0.39, 0.29) is 0 Å². The first-order chi connectivity index (χ1) is 7.18. The van der Waals surface area contributed by atoms with Crippen LogP contribution >= 0.6 is 11.8 Å². The number of hydrogen-bond acceptors (Lipinski definition) is 5. The standard InChI is InChI=1S/C8H8N4O2S/c1-4(8(13)14)15-7-5-6(10-2-9-5)11-3-12-7/h2-4H,1H3,(H,13,14)(H,9,10,11,12). The number of thioether (sulfide) groups is 1. The van der Waals surface area contributed by atoms with E-state index in [4.69, 9.17) is 5.11 Å². The largest absolute Gasteiger partial charge is 0.480 e. The van der Waals surface area contributed by atoms with Crippen molar-refractivity contribution in [1.29, 1.82) is 0 Å². The number of aromatic amines is 1. The van der Waals surface area contributed by atoms with Crippen LogP contribution in [0.25, 0.3) is 11.2 Å². The van der Waals surface area contributed by atoms with Crippen molar-refractivity contribution in [1.82, 2.24) is 19.9 Å². The Hall–Kier alpha value is -1.63. The zero-order valence-electron chi connectivity index (χ0n) is 7.84. The van der Waals surface area contributed by atoms with Gasteiger partial charge in [0.25, 0.3) is 0 Å². The second-order valence-electron chi connectivity index (χ2n) is 2.88. The first-order valence-electron chi connectivity index (χ1n) is 4.22. The number of rotatable bonds is 3. The Bertz CT molecular complexity index is 498. The Morgan fingerprint density at radius 2 is 2.33 bits per heavy atom. The zero-order chi connectivity index (χ0) is 10.8. The van der Waals surface area contributed by atoms with Crippen LogP contribution in [0.3, 0.4) is 0 Å². The lowest BCUT2D eigenvalue weighted by atomic mass is 10.5. The molecule has 2 N–H and O–H groups in total. The minimum atomic E-state index is -0.869. The van der Waals surface area contributed by atoms with E-state index in [0.717, 1.165) is 11.8 Å². The topological polar surface area (TPSA) is 91.8 Å². The summed E-state index contributed by atoms with van der Waals surface area (Å²) in [6, 6.07) is 0. The SMILES string of the molecule is CC(Sc1ncnc2nc[nH]c12)C(=O)O. The maximum Gasteiger partial charge on any atom is 0.316 e. The Labute approximate surface area is 89.2 Å². The fourth-order valence-electron chi connectivity index (χ4n) is 1.05. The lowest BCUT2D eigenvalue weighted by Gasteiger charge is -2.04. The van der Waals surface area contributed by atoms with Gasteiger partial charge in [0, 0.05) is 0 Å². The van der Waals surface area contributed by atoms with Gasteiger partial charge in [-0.25, -0.2) is 15.0 Å². The van der Waals surface area contributed by atoms with Crippen molar-refractivity contribution >= 4 is 28.9 Å². The van der Waals surface area contributed by atoms with E-state index in [1.54, 1.807) is 6.92 Å². The molecule has 0 aliphatic carbocycles. The van der Waals surface area contributed by atoms with Gasteiger partial charge < -0.3 is 10.1 Å². The minimum Gasteiger partial charge on any atom is -0.480 e. The van der Waals surface area contributed by atoms with E-state index in [0.29, 0.717) is 16.2 Å². The van der Waals surface area contributed by atoms with E-state index in [2.05, 4.69) is 19.9 Å². The minimum absolute atomic E-state index is 0.546. The van der Waals surface area contributed by atoms with Crippen LogP contribution in [0, 0.1) is 0 Å². The molecule has 6 nitrogen and oxygen atoms in total. The van der Waals surface area contributed by atoms with E-state index < -0.39 is 11.2 Å². The van der Waals surface area contributed by atoms with E-state index in [1.807, 2.05) is 0 Å². The summed E-state index contributed by atoms with van der Waals surface area (Å²) in [7, 11) is 0. The lowest BCUT2D eigenvalue weighted by molar-refractivity contribution is -0.136. The Morgan fingerprint density at radius 3 is 3.07 bits per heavy atom. The van der Waals surface area contributed by atoms with E-state index in [1.165, 1.54) is 12.7 Å². The number of carboxylic acids is 1. The Balaban J connectivity index is 2.35. The maximum absolute atomic E-state index is 10.7. The number of aliphatic carboxylic acids is 1. The van der Waals surface area contributed by atoms with Gasteiger partial charge in [0.05, 0.1) is 6.33 Å². The van der Waals surface area contributed by atoms with Crippen molar-refractivity contribution in [2.75, 3.05) is 0 Å². The third-order valence-corrected chi connectivity index (χ3v) is 2.91. The molecule has 2 aromatic rings. The van der Waals surface area contributed by atoms with Crippen LogP contribution in [0.2, 0.25) is 0 Å². The summed E-state index contributed by atoms with van der Waals surface area (Å²) in [6.45, 7) is 1.61. The third kappa shape index (κ3) is 1.91. The molecule has 78 valence electrons. The number of hydrogen-bond donors (Lipinski definition) is 2. The number of carbonyl (C=O) groups is 1. The summed E-state index contributed by atoms with van der Waals surface area (Å²) < 4.78 is 0. The number of H-pyrrole nitrogens is 1. The second kappa shape index (κ2) is 3.85. The second-order valence-corrected chi connectivity index (χ2v) is 4.21. The van der Waals surface area contributed by atoms with Gasteiger partial charge in [-0.2, -0.15) is 0 Å². The fraction of sp³-hybridized carbons (Fsp3) is 0.250. The highest BCUT2D eigenvalue weighted by atomic mass is 32.2. The first kappa shape index (κ1) is 9.91. The van der Waals surface area contributed by atoms with Crippen molar-refractivity contribution in [3.8, 4) is 0 Å². The van der Waals surface area contributed by atoms with Crippen LogP contribution in [-0.4, -0.2) is 36.3 Å². The van der Waals surface area contributed by atoms with Crippen molar-refractivity contribution in [2.45, 2.75) is 17.2 Å². The third-order valence-electron chi connectivity index (χ3n) is 1.82. The number of nitrogens with one attached hydrogen (secondary N) is 1. The van der Waals surface area contributed by atoms with Crippen LogP contribution in [0.1, 0.15) is 6.92 Å². The molecule has 0 saturated carbocycles. The summed E-state index contributed by atoms with van der Waals surface area (Å²) in [5, 5.41) is 8.83. The molecule has 0 bridgehead atoms. The molecule has 0 aromatic carbocycles. The average Bonchev–Trinajstić information content (AvgIpc) is 2.66. The van der Waals surface area contributed by atoms with Crippen LogP contribution in [0.4, 0.5) is 0 Å². The Morgan fingerprint density at radius 1 is 1.53 bits per heavy atom. The van der Waals surface area contributed by atoms with E-state index in [9.17, 15) is 4.79 Å². The summed E-state index contributed by atoms with van der Waals surface area (Å²) in [4.78, 5) is 25.5. The van der Waals surface area contributed by atoms with Crippen molar-refractivity contribution in [2.24, 2.45) is 0 Å². The molecule has 2 aromatic heterocycles. The molecule has 0 amide bonds.